The summed E-state index contributed by atoms with van der Waals surface area (Å²) in [4.78, 5) is 258. The molecule has 5 saturated heterocycles. The average molecular weight is 1880 g/mol. The van der Waals surface area contributed by atoms with E-state index in [1.54, 1.807) is 157 Å². The zero-order chi connectivity index (χ0) is 96.2. The molecule has 5 aliphatic heterocycles. The summed E-state index contributed by atoms with van der Waals surface area (Å²) >= 11 is 0. The van der Waals surface area contributed by atoms with E-state index in [2.05, 4.69) is 69.1 Å². The number of carboxylic acids is 2. The number of aliphatic carboxylic acids is 2. The number of hydrogen-bond acceptors (Lipinski definition) is 22. The predicted octanol–water partition coefficient (Wildman–Crippen LogP) is 1.25. The first-order chi connectivity index (χ1) is 64.3. The van der Waals surface area contributed by atoms with Crippen molar-refractivity contribution in [3.8, 4) is 0 Å². The fourth-order valence-corrected chi connectivity index (χ4v) is 19.8. The molecule has 134 heavy (non-hydrogen) atoms. The van der Waals surface area contributed by atoms with Crippen LogP contribution in [0, 0.1) is 16.7 Å². The Morgan fingerprint density at radius 2 is 0.828 bits per heavy atom. The molecule has 6 aromatic carbocycles. The highest BCUT2D eigenvalue weighted by Crippen LogP contribution is 2.34. The van der Waals surface area contributed by atoms with Crippen LogP contribution < -0.4 is 85.9 Å². The van der Waals surface area contributed by atoms with Crippen LogP contribution in [0.1, 0.15) is 144 Å². The minimum Gasteiger partial charge on any atom is -0.481 e. The lowest BCUT2D eigenvalue weighted by Gasteiger charge is -2.37. The molecular formula is C92H115N21O19S2. The van der Waals surface area contributed by atoms with E-state index in [0.29, 0.717) is 63.1 Å². The fraction of sp³-hybridized carbons (Fsp3) is 0.446. The molecule has 5 fully saturated rings. The lowest BCUT2D eigenvalue weighted by molar-refractivity contribution is -0.145. The molecule has 0 aromatic heterocycles. The van der Waals surface area contributed by atoms with Crippen LogP contribution in [-0.2, 0) is 89.6 Å². The van der Waals surface area contributed by atoms with Crippen molar-refractivity contribution < 1.29 is 91.7 Å². The van der Waals surface area contributed by atoms with Crippen LogP contribution in [0.4, 0.5) is 4.79 Å². The van der Waals surface area contributed by atoms with Gasteiger partial charge in [0.1, 0.15) is 60.4 Å². The summed E-state index contributed by atoms with van der Waals surface area (Å²) in [7, 11) is 1.68. The standard InChI is InChI=1S/C92H115N21O19S2/c1-3-51(2)77-87(129)110-79(121)60(33-16-38-97-90(93)94)99-73(114)46-63(59-32-15-28-55-26-11-13-30-57(55)59)107-92(132)108-69-50-134-133-49-68(100-74(115)45-62(58-31-14-27-54-25-10-12-29-56(54)58)102-78(120)61(34-17-39-98-91(95)96)101-85(127)71-36-19-42-113(71)89(131)72-37-20-40-111(72)77)83(125)106-67(44-53-23-8-5-9-24-53)88(130)112-41-18-35-70(112)86(128)105-66(48-76(118)119)82(124)109-81(123)65(47-75(116)117)104-80(122)64(103-84(69)126)43-52-21-6-4-7-22-52/h4-15,21-32,51,60-72,77H,3,16-20,33-50H2,1-2H3,(H,99,114)(H,100,115)(H,101,127)(H,102,120)(H,103,126)(H,104,122)(H,105,128)(H,106,125)(H,116,117)(H,118,119)(H4,93,94,97)(H4,95,96,98)(H2,107,108,132)(H,109,123,124)(H,110,121,129)/t51-,60-,61-,62+,63+,64-,65-,66-,67-,68-,69-,70-,71-,72-,77-/m0/s1. The number of carbonyl (C=O) groups excluding carboxylic acids is 15. The van der Waals surface area contributed by atoms with Crippen molar-refractivity contribution in [1.29, 1.82) is 10.8 Å². The Kier molecular flexibility index (Phi) is 36.5. The second-order valence-corrected chi connectivity index (χ2v) is 36.3. The third-order valence-electron chi connectivity index (χ3n) is 24.3. The summed E-state index contributed by atoms with van der Waals surface area (Å²) in [5.41, 5.74) is 12.9. The first kappa shape index (κ1) is 101. The van der Waals surface area contributed by atoms with Crippen LogP contribution >= 0.6 is 21.6 Å². The molecule has 5 heterocycles. The molecule has 714 valence electrons. The first-order valence-corrected chi connectivity index (χ1v) is 47.2. The topological polar surface area (TPSA) is 609 Å². The highest BCUT2D eigenvalue weighted by atomic mass is 33.1. The van der Waals surface area contributed by atoms with Gasteiger partial charge in [0.05, 0.1) is 49.9 Å². The molecule has 11 rings (SSSR count). The number of benzene rings is 6. The van der Waals surface area contributed by atoms with Crippen molar-refractivity contribution in [2.24, 2.45) is 17.4 Å². The van der Waals surface area contributed by atoms with E-state index in [9.17, 15) is 34.2 Å². The van der Waals surface area contributed by atoms with Gasteiger partial charge in [-0.15, -0.1) is 0 Å². The van der Waals surface area contributed by atoms with Crippen LogP contribution in [-0.4, -0.2) is 254 Å². The Bertz CT molecular complexity index is 5340. The number of rotatable bonds is 20. The summed E-state index contributed by atoms with van der Waals surface area (Å²) in [6.07, 6.45) is -3.03. The van der Waals surface area contributed by atoms with Crippen LogP contribution in [0.25, 0.3) is 21.5 Å². The van der Waals surface area contributed by atoms with Crippen molar-refractivity contribution >= 4 is 156 Å². The van der Waals surface area contributed by atoms with E-state index in [-0.39, 0.29) is 96.5 Å². The summed E-state index contributed by atoms with van der Waals surface area (Å²) in [6.45, 7) is 3.81. The van der Waals surface area contributed by atoms with Gasteiger partial charge in [-0.1, -0.05) is 187 Å². The predicted molar refractivity (Wildman–Crippen MR) is 496 cm³/mol. The number of fused-ring (bicyclic) bond motifs is 10. The van der Waals surface area contributed by atoms with Crippen molar-refractivity contribution in [1.82, 2.24) is 89.1 Å². The molecule has 0 radical (unpaired) electrons. The fourth-order valence-electron chi connectivity index (χ4n) is 17.4. The molecule has 6 aromatic rings. The minimum absolute atomic E-state index is 0.0167. The van der Waals surface area contributed by atoms with Crippen LogP contribution in [0.15, 0.2) is 146 Å². The molecular weight excluding hydrogens is 1770 g/mol. The minimum atomic E-state index is -2.18. The smallest absolute Gasteiger partial charge is 0.315 e. The number of nitrogens with two attached hydrogens (primary N) is 2. The summed E-state index contributed by atoms with van der Waals surface area (Å²) in [6, 6.07) is 17.6. The maximum atomic E-state index is 15.8. The Morgan fingerprint density at radius 3 is 1.35 bits per heavy atom. The van der Waals surface area contributed by atoms with Gasteiger partial charge < -0.3 is 95.3 Å². The lowest BCUT2D eigenvalue weighted by Crippen LogP contribution is -2.61. The number of nitrogens with zero attached hydrogens (tertiary/aromatic N) is 3. The molecule has 0 spiro atoms. The number of carbonyl (C=O) groups is 17. The largest absolute Gasteiger partial charge is 0.481 e. The second-order valence-electron chi connectivity index (χ2n) is 33.8. The van der Waals surface area contributed by atoms with Crippen molar-refractivity contribution in [3.63, 3.8) is 0 Å². The molecule has 40 nitrogen and oxygen atoms in total. The summed E-state index contributed by atoms with van der Waals surface area (Å²) < 4.78 is 0. The van der Waals surface area contributed by atoms with Gasteiger partial charge in [0, 0.05) is 50.5 Å². The number of nitrogens with one attached hydrogen (secondary N) is 16. The van der Waals surface area contributed by atoms with E-state index in [1.165, 1.54) is 4.90 Å². The van der Waals surface area contributed by atoms with E-state index in [0.717, 1.165) is 26.5 Å². The number of hydrogen-bond donors (Lipinski definition) is 20. The third-order valence-corrected chi connectivity index (χ3v) is 26.7. The molecule has 0 unspecified atom stereocenters. The molecule has 15 atom stereocenters. The lowest BCUT2D eigenvalue weighted by atomic mass is 9.95. The van der Waals surface area contributed by atoms with Gasteiger partial charge in [-0.3, -0.25) is 103 Å². The van der Waals surface area contributed by atoms with Gasteiger partial charge in [-0.25, -0.2) is 4.79 Å². The van der Waals surface area contributed by atoms with Gasteiger partial charge >= 0.3 is 18.0 Å². The summed E-state index contributed by atoms with van der Waals surface area (Å²) in [5.74, 6) is -19.7. The summed E-state index contributed by atoms with van der Waals surface area (Å²) in [5, 5.41) is 75.6. The van der Waals surface area contributed by atoms with Gasteiger partial charge in [0.15, 0.2) is 11.9 Å². The van der Waals surface area contributed by atoms with Crippen LogP contribution in [0.3, 0.4) is 0 Å². The van der Waals surface area contributed by atoms with E-state index < -0.39 is 241 Å². The van der Waals surface area contributed by atoms with Crippen LogP contribution in [0.5, 0.6) is 0 Å². The van der Waals surface area contributed by atoms with E-state index >= 15 is 57.5 Å². The zero-order valence-electron chi connectivity index (χ0n) is 74.1. The molecule has 2 bridgehead atoms. The van der Waals surface area contributed by atoms with Crippen molar-refractivity contribution in [2.45, 2.75) is 208 Å². The molecule has 0 saturated carbocycles. The van der Waals surface area contributed by atoms with Gasteiger partial charge in [0.25, 0.3) is 0 Å². The van der Waals surface area contributed by atoms with Crippen molar-refractivity contribution in [3.05, 3.63) is 168 Å². The average Bonchev–Trinajstić information content (AvgIpc) is 1.68. The Morgan fingerprint density at radius 1 is 0.425 bits per heavy atom. The quantitative estimate of drug-likeness (QED) is 0.0168. The van der Waals surface area contributed by atoms with Crippen LogP contribution in [0.2, 0.25) is 0 Å². The van der Waals surface area contributed by atoms with Gasteiger partial charge in [-0.2, -0.15) is 0 Å². The van der Waals surface area contributed by atoms with E-state index in [1.807, 2.05) is 12.2 Å². The highest BCUT2D eigenvalue weighted by Gasteiger charge is 2.48. The molecule has 22 N–H and O–H groups in total. The monoisotopic (exact) mass is 1880 g/mol. The van der Waals surface area contributed by atoms with Gasteiger partial charge in [-0.05, 0) is 120 Å². The van der Waals surface area contributed by atoms with Crippen molar-refractivity contribution in [2.75, 3.05) is 44.2 Å². The Hall–Kier alpha value is -13.8. The SMILES string of the molecule is CC[C@H](C)[C@H]1C(=O)NC(=O)[C@H](CCCNC(=N)N)NC(=O)C[C@H](c2cccc3ccccc23)NC(=O)N[C@H]2CSSC[C@H](NC(=O)C[C@H](c3cccc4ccccc34)NC(=O)[C@H](CCCNC(=N)N)NC(=O)[C@@H]3CCCN3C(=O)[C@@H]3CCCN13)C(=O)N[C@@H](Cc1ccccc1)C(=O)N1CCC[C@H]1C(=O)N[C@@H](CC(=O)O)C(=O)NC(=O)[C@H](CC(=O)O)NC(=O)[C@H](Cc1ccccc1)NC2=O. The maximum Gasteiger partial charge on any atom is 0.315 e. The number of guanidine groups is 2. The molecule has 16 amide bonds. The Balaban J connectivity index is 1.05. The van der Waals surface area contributed by atoms with E-state index in [4.69, 9.17) is 22.3 Å². The molecule has 42 heteroatoms. The second kappa shape index (κ2) is 48.6. The number of carboxylic acid groups (broad SMARTS) is 2. The van der Waals surface area contributed by atoms with Gasteiger partial charge in [0.2, 0.25) is 82.7 Å². The third kappa shape index (κ3) is 27.9. The first-order valence-electron chi connectivity index (χ1n) is 44.7. The highest BCUT2D eigenvalue weighted by molar-refractivity contribution is 8.76. The number of imide groups is 2. The zero-order valence-corrected chi connectivity index (χ0v) is 75.8. The number of urea groups is 1. The molecule has 5 aliphatic rings. The molecule has 0 aliphatic carbocycles. The Labute approximate surface area is 780 Å². The normalized spacial score (nSPS) is 25.3. The maximum absolute atomic E-state index is 15.8. The number of amides is 16.